The first-order chi connectivity index (χ1) is 6.62. The van der Waals surface area contributed by atoms with Crippen molar-refractivity contribution in [2.75, 3.05) is 13.2 Å². The zero-order chi connectivity index (χ0) is 10.4. The fraction of sp³-hybridized carbons (Fsp3) is 0.667. The summed E-state index contributed by atoms with van der Waals surface area (Å²) in [5, 5.41) is 0. The molecule has 0 aliphatic carbocycles. The van der Waals surface area contributed by atoms with Crippen LogP contribution in [0.1, 0.15) is 33.6 Å². The molecule has 0 unspecified atom stereocenters. The molecule has 0 saturated carbocycles. The van der Waals surface area contributed by atoms with Gasteiger partial charge in [0.1, 0.15) is 0 Å². The predicted octanol–water partition coefficient (Wildman–Crippen LogP) is 3.05. The van der Waals surface area contributed by atoms with Crippen LogP contribution in [-0.2, 0) is 9.47 Å². The second-order valence-electron chi connectivity index (χ2n) is 4.05. The Morgan fingerprint density at radius 2 is 1.86 bits per heavy atom. The summed E-state index contributed by atoms with van der Waals surface area (Å²) in [4.78, 5) is 0. The van der Waals surface area contributed by atoms with Gasteiger partial charge in [-0.05, 0) is 27.2 Å². The predicted molar refractivity (Wildman–Crippen MR) is 58.1 cm³/mol. The third-order valence-corrected chi connectivity index (χ3v) is 2.29. The molecule has 0 radical (unpaired) electrons. The minimum atomic E-state index is -0.407. The first kappa shape index (κ1) is 11.5. The molecular formula is C12H20O2. The van der Waals surface area contributed by atoms with Crippen molar-refractivity contribution in [3.8, 4) is 0 Å². The number of hydrogen-bond acceptors (Lipinski definition) is 2. The van der Waals surface area contributed by atoms with Crippen LogP contribution in [0.25, 0.3) is 0 Å². The standard InChI is InChI=1S/C12H20O2/c1-11(2)7-6-8-12(3)13-9-4-5-10-14-12/h4-5,7H,6,8-10H2,1-3H3. The molecule has 1 aliphatic heterocycles. The van der Waals surface area contributed by atoms with Crippen LogP contribution in [0.15, 0.2) is 23.8 Å². The fourth-order valence-electron chi connectivity index (χ4n) is 1.39. The number of hydrogen-bond donors (Lipinski definition) is 0. The Morgan fingerprint density at radius 1 is 1.29 bits per heavy atom. The van der Waals surface area contributed by atoms with Crippen molar-refractivity contribution >= 4 is 0 Å². The Hall–Kier alpha value is -0.600. The van der Waals surface area contributed by atoms with Crippen molar-refractivity contribution in [2.45, 2.75) is 39.4 Å². The van der Waals surface area contributed by atoms with Crippen molar-refractivity contribution < 1.29 is 9.47 Å². The van der Waals surface area contributed by atoms with E-state index in [1.54, 1.807) is 0 Å². The third-order valence-electron chi connectivity index (χ3n) is 2.29. The van der Waals surface area contributed by atoms with Gasteiger partial charge < -0.3 is 9.47 Å². The van der Waals surface area contributed by atoms with Gasteiger partial charge >= 0.3 is 0 Å². The summed E-state index contributed by atoms with van der Waals surface area (Å²) in [7, 11) is 0. The Labute approximate surface area is 86.6 Å². The highest BCUT2D eigenvalue weighted by molar-refractivity contribution is 4.94. The molecule has 1 aliphatic rings. The van der Waals surface area contributed by atoms with Gasteiger partial charge in [0.05, 0.1) is 13.2 Å². The number of allylic oxidation sites excluding steroid dienone is 2. The van der Waals surface area contributed by atoms with E-state index in [1.165, 1.54) is 5.57 Å². The molecule has 0 fully saturated rings. The monoisotopic (exact) mass is 196 g/mol. The van der Waals surface area contributed by atoms with E-state index < -0.39 is 5.79 Å². The smallest absolute Gasteiger partial charge is 0.166 e. The third kappa shape index (κ3) is 4.07. The maximum absolute atomic E-state index is 5.63. The van der Waals surface area contributed by atoms with Gasteiger partial charge in [-0.15, -0.1) is 0 Å². The second-order valence-corrected chi connectivity index (χ2v) is 4.05. The van der Waals surface area contributed by atoms with E-state index in [0.29, 0.717) is 13.2 Å². The highest BCUT2D eigenvalue weighted by Gasteiger charge is 2.25. The zero-order valence-electron chi connectivity index (χ0n) is 9.38. The molecule has 0 aromatic carbocycles. The molecule has 80 valence electrons. The lowest BCUT2D eigenvalue weighted by atomic mass is 10.1. The molecule has 0 aromatic heterocycles. The number of rotatable bonds is 3. The van der Waals surface area contributed by atoms with E-state index in [4.69, 9.17) is 9.47 Å². The van der Waals surface area contributed by atoms with E-state index in [-0.39, 0.29) is 0 Å². The minimum Gasteiger partial charge on any atom is -0.346 e. The molecule has 2 heteroatoms. The van der Waals surface area contributed by atoms with Gasteiger partial charge in [0, 0.05) is 6.42 Å². The summed E-state index contributed by atoms with van der Waals surface area (Å²) >= 11 is 0. The summed E-state index contributed by atoms with van der Waals surface area (Å²) in [6.45, 7) is 7.55. The highest BCUT2D eigenvalue weighted by Crippen LogP contribution is 2.21. The molecule has 1 rings (SSSR count). The molecular weight excluding hydrogens is 176 g/mol. The van der Waals surface area contributed by atoms with Crippen molar-refractivity contribution in [1.29, 1.82) is 0 Å². The lowest BCUT2D eigenvalue weighted by molar-refractivity contribution is -0.212. The van der Waals surface area contributed by atoms with Crippen LogP contribution >= 0.6 is 0 Å². The highest BCUT2D eigenvalue weighted by atomic mass is 16.7. The molecule has 14 heavy (non-hydrogen) atoms. The number of ether oxygens (including phenoxy) is 2. The molecule has 0 spiro atoms. The van der Waals surface area contributed by atoms with Crippen molar-refractivity contribution in [3.05, 3.63) is 23.8 Å². The molecule has 0 atom stereocenters. The van der Waals surface area contributed by atoms with Crippen molar-refractivity contribution in [2.24, 2.45) is 0 Å². The topological polar surface area (TPSA) is 18.5 Å². The van der Waals surface area contributed by atoms with Gasteiger partial charge in [-0.3, -0.25) is 0 Å². The maximum Gasteiger partial charge on any atom is 0.166 e. The van der Waals surface area contributed by atoms with Crippen molar-refractivity contribution in [3.63, 3.8) is 0 Å². The SMILES string of the molecule is CC(C)=CCCC1(C)OCC=CCO1. The molecule has 0 saturated heterocycles. The second kappa shape index (κ2) is 5.32. The van der Waals surface area contributed by atoms with Crippen LogP contribution in [0, 0.1) is 0 Å². The van der Waals surface area contributed by atoms with Crippen LogP contribution in [0.2, 0.25) is 0 Å². The maximum atomic E-state index is 5.63. The Morgan fingerprint density at radius 3 is 2.36 bits per heavy atom. The van der Waals surface area contributed by atoms with Gasteiger partial charge in [-0.2, -0.15) is 0 Å². The fourth-order valence-corrected chi connectivity index (χ4v) is 1.39. The van der Waals surface area contributed by atoms with Gasteiger partial charge in [0.2, 0.25) is 0 Å². The van der Waals surface area contributed by atoms with Crippen LogP contribution in [0.5, 0.6) is 0 Å². The van der Waals surface area contributed by atoms with E-state index in [0.717, 1.165) is 12.8 Å². The molecule has 0 aromatic rings. The van der Waals surface area contributed by atoms with E-state index in [1.807, 2.05) is 19.1 Å². The average Bonchev–Trinajstić information content (AvgIpc) is 2.30. The van der Waals surface area contributed by atoms with E-state index in [2.05, 4.69) is 19.9 Å². The molecule has 0 amide bonds. The lowest BCUT2D eigenvalue weighted by Crippen LogP contribution is -2.31. The summed E-state index contributed by atoms with van der Waals surface area (Å²) in [6, 6.07) is 0. The summed E-state index contributed by atoms with van der Waals surface area (Å²) < 4.78 is 11.3. The molecule has 0 bridgehead atoms. The quantitative estimate of drug-likeness (QED) is 0.646. The van der Waals surface area contributed by atoms with Crippen LogP contribution in [0.3, 0.4) is 0 Å². The van der Waals surface area contributed by atoms with Gasteiger partial charge in [0.15, 0.2) is 5.79 Å². The summed E-state index contributed by atoms with van der Waals surface area (Å²) in [5.41, 5.74) is 1.35. The molecule has 2 nitrogen and oxygen atoms in total. The Bertz CT molecular complexity index is 214. The normalized spacial score (nSPS) is 20.2. The van der Waals surface area contributed by atoms with Crippen molar-refractivity contribution in [1.82, 2.24) is 0 Å². The Kier molecular flexibility index (Phi) is 4.36. The first-order valence-electron chi connectivity index (χ1n) is 5.19. The molecule has 1 heterocycles. The minimum absolute atomic E-state index is 0.407. The summed E-state index contributed by atoms with van der Waals surface area (Å²) in [6.07, 6.45) is 8.16. The van der Waals surface area contributed by atoms with E-state index in [9.17, 15) is 0 Å². The van der Waals surface area contributed by atoms with Gasteiger partial charge in [-0.25, -0.2) is 0 Å². The summed E-state index contributed by atoms with van der Waals surface area (Å²) in [5.74, 6) is -0.407. The van der Waals surface area contributed by atoms with Crippen LogP contribution < -0.4 is 0 Å². The largest absolute Gasteiger partial charge is 0.346 e. The van der Waals surface area contributed by atoms with Gasteiger partial charge in [-0.1, -0.05) is 23.8 Å². The Balaban J connectivity index is 2.37. The van der Waals surface area contributed by atoms with Crippen LogP contribution in [-0.4, -0.2) is 19.0 Å². The lowest BCUT2D eigenvalue weighted by Gasteiger charge is -2.27. The van der Waals surface area contributed by atoms with Crippen LogP contribution in [0.4, 0.5) is 0 Å². The van der Waals surface area contributed by atoms with E-state index >= 15 is 0 Å². The average molecular weight is 196 g/mol. The first-order valence-corrected chi connectivity index (χ1v) is 5.19. The van der Waals surface area contributed by atoms with Gasteiger partial charge in [0.25, 0.3) is 0 Å². The zero-order valence-corrected chi connectivity index (χ0v) is 9.38. The molecule has 0 N–H and O–H groups in total.